The van der Waals surface area contributed by atoms with E-state index in [1.165, 1.54) is 16.7 Å². The van der Waals surface area contributed by atoms with E-state index in [-0.39, 0.29) is 12.1 Å². The van der Waals surface area contributed by atoms with Gasteiger partial charge in [0.1, 0.15) is 0 Å². The number of benzene rings is 2. The van der Waals surface area contributed by atoms with Crippen molar-refractivity contribution in [1.29, 1.82) is 0 Å². The number of ether oxygens (including phenoxy) is 1. The fourth-order valence-corrected chi connectivity index (χ4v) is 2.43. The number of hydrogen-bond donors (Lipinski definition) is 1. The van der Waals surface area contributed by atoms with Gasteiger partial charge in [0.25, 0.3) is 0 Å². The molecule has 0 aliphatic carbocycles. The maximum atomic E-state index is 5.36. The van der Waals surface area contributed by atoms with Gasteiger partial charge in [0, 0.05) is 13.2 Å². The van der Waals surface area contributed by atoms with Crippen LogP contribution in [0.2, 0.25) is 0 Å². The number of rotatable bonds is 6. The zero-order valence-corrected chi connectivity index (χ0v) is 12.5. The molecule has 0 radical (unpaired) electrons. The SMILES string of the molecule is COCC(N[C@H](C)c1cccc(C)c1)c1ccccc1. The summed E-state index contributed by atoms with van der Waals surface area (Å²) >= 11 is 0. The van der Waals surface area contributed by atoms with Gasteiger partial charge < -0.3 is 10.1 Å². The van der Waals surface area contributed by atoms with E-state index in [1.54, 1.807) is 7.11 Å². The monoisotopic (exact) mass is 269 g/mol. The third-order valence-corrected chi connectivity index (χ3v) is 3.53. The lowest BCUT2D eigenvalue weighted by molar-refractivity contribution is 0.162. The van der Waals surface area contributed by atoms with E-state index in [4.69, 9.17) is 4.74 Å². The predicted molar refractivity (Wildman–Crippen MR) is 83.8 cm³/mol. The van der Waals surface area contributed by atoms with Gasteiger partial charge in [-0.15, -0.1) is 0 Å². The molecule has 0 aliphatic rings. The minimum atomic E-state index is 0.205. The molecule has 0 heterocycles. The van der Waals surface area contributed by atoms with Crippen LogP contribution in [-0.2, 0) is 4.74 Å². The van der Waals surface area contributed by atoms with Crippen molar-refractivity contribution in [3.63, 3.8) is 0 Å². The normalized spacial score (nSPS) is 13.9. The van der Waals surface area contributed by atoms with Crippen molar-refractivity contribution < 1.29 is 4.74 Å². The molecule has 0 fully saturated rings. The van der Waals surface area contributed by atoms with Crippen LogP contribution in [0.4, 0.5) is 0 Å². The maximum absolute atomic E-state index is 5.36. The molecule has 1 unspecified atom stereocenters. The topological polar surface area (TPSA) is 21.3 Å². The minimum Gasteiger partial charge on any atom is -0.383 e. The molecule has 2 atom stereocenters. The van der Waals surface area contributed by atoms with Crippen molar-refractivity contribution in [2.45, 2.75) is 25.9 Å². The van der Waals surface area contributed by atoms with Crippen molar-refractivity contribution in [2.75, 3.05) is 13.7 Å². The Morgan fingerprint density at radius 3 is 2.35 bits per heavy atom. The standard InChI is InChI=1S/C18H23NO/c1-14-8-7-11-17(12-14)15(2)19-18(13-20-3)16-9-5-4-6-10-16/h4-12,15,18-19H,13H2,1-3H3/t15-,18?/m1/s1. The summed E-state index contributed by atoms with van der Waals surface area (Å²) in [5.41, 5.74) is 3.86. The van der Waals surface area contributed by atoms with Crippen molar-refractivity contribution in [2.24, 2.45) is 0 Å². The molecule has 0 aliphatic heterocycles. The molecule has 2 aromatic rings. The Labute approximate surface area is 121 Å². The molecule has 2 aromatic carbocycles. The summed E-state index contributed by atoms with van der Waals surface area (Å²) in [6, 6.07) is 19.6. The lowest BCUT2D eigenvalue weighted by Crippen LogP contribution is -2.28. The highest BCUT2D eigenvalue weighted by atomic mass is 16.5. The summed E-state index contributed by atoms with van der Waals surface area (Å²) in [5.74, 6) is 0. The van der Waals surface area contributed by atoms with Crippen LogP contribution in [0.1, 0.15) is 35.7 Å². The molecule has 0 saturated heterocycles. The van der Waals surface area contributed by atoms with Gasteiger partial charge in [0.05, 0.1) is 12.6 Å². The predicted octanol–water partition coefficient (Wildman–Crippen LogP) is 4.03. The van der Waals surface area contributed by atoms with Gasteiger partial charge in [-0.2, -0.15) is 0 Å². The highest BCUT2D eigenvalue weighted by Gasteiger charge is 2.15. The molecule has 106 valence electrons. The average molecular weight is 269 g/mol. The van der Waals surface area contributed by atoms with Crippen LogP contribution in [0.25, 0.3) is 0 Å². The molecule has 2 nitrogen and oxygen atoms in total. The van der Waals surface area contributed by atoms with Gasteiger partial charge in [-0.1, -0.05) is 60.2 Å². The first kappa shape index (κ1) is 14.8. The summed E-state index contributed by atoms with van der Waals surface area (Å²) < 4.78 is 5.36. The molecule has 0 spiro atoms. The van der Waals surface area contributed by atoms with Crippen LogP contribution in [0, 0.1) is 6.92 Å². The largest absolute Gasteiger partial charge is 0.383 e. The van der Waals surface area contributed by atoms with E-state index < -0.39 is 0 Å². The Kier molecular flexibility index (Phi) is 5.33. The quantitative estimate of drug-likeness (QED) is 0.854. The van der Waals surface area contributed by atoms with Gasteiger partial charge in [-0.3, -0.25) is 0 Å². The number of aryl methyl sites for hydroxylation is 1. The van der Waals surface area contributed by atoms with E-state index in [9.17, 15) is 0 Å². The molecule has 1 N–H and O–H groups in total. The molecule has 0 aromatic heterocycles. The van der Waals surface area contributed by atoms with Crippen molar-refractivity contribution in [3.8, 4) is 0 Å². The molecule has 20 heavy (non-hydrogen) atoms. The first-order valence-electron chi connectivity index (χ1n) is 7.07. The van der Waals surface area contributed by atoms with E-state index in [1.807, 2.05) is 6.07 Å². The first-order chi connectivity index (χ1) is 9.70. The van der Waals surface area contributed by atoms with Gasteiger partial charge in [-0.25, -0.2) is 0 Å². The molecular formula is C18H23NO. The third-order valence-electron chi connectivity index (χ3n) is 3.53. The maximum Gasteiger partial charge on any atom is 0.0657 e. The van der Waals surface area contributed by atoms with Crippen LogP contribution < -0.4 is 5.32 Å². The highest BCUT2D eigenvalue weighted by molar-refractivity contribution is 5.26. The molecule has 2 rings (SSSR count). The molecule has 0 bridgehead atoms. The van der Waals surface area contributed by atoms with Crippen molar-refractivity contribution in [3.05, 3.63) is 71.3 Å². The Morgan fingerprint density at radius 2 is 1.70 bits per heavy atom. The van der Waals surface area contributed by atoms with E-state index in [0.29, 0.717) is 6.61 Å². The van der Waals surface area contributed by atoms with Crippen molar-refractivity contribution >= 4 is 0 Å². The number of methoxy groups -OCH3 is 1. The average Bonchev–Trinajstić information content (AvgIpc) is 2.47. The summed E-state index contributed by atoms with van der Waals surface area (Å²) in [6.07, 6.45) is 0. The van der Waals surface area contributed by atoms with Gasteiger partial charge >= 0.3 is 0 Å². The number of hydrogen-bond acceptors (Lipinski definition) is 2. The van der Waals surface area contributed by atoms with Gasteiger partial charge in [0.2, 0.25) is 0 Å². The lowest BCUT2D eigenvalue weighted by atomic mass is 10.0. The van der Waals surface area contributed by atoms with Crippen LogP contribution in [0.5, 0.6) is 0 Å². The highest BCUT2D eigenvalue weighted by Crippen LogP contribution is 2.20. The lowest BCUT2D eigenvalue weighted by Gasteiger charge is -2.24. The minimum absolute atomic E-state index is 0.205. The number of nitrogens with one attached hydrogen (secondary N) is 1. The zero-order valence-electron chi connectivity index (χ0n) is 12.5. The zero-order chi connectivity index (χ0) is 14.4. The summed E-state index contributed by atoms with van der Waals surface area (Å²) in [5, 5.41) is 3.65. The second kappa shape index (κ2) is 7.22. The fraction of sp³-hybridized carbons (Fsp3) is 0.333. The van der Waals surface area contributed by atoms with E-state index >= 15 is 0 Å². The van der Waals surface area contributed by atoms with E-state index in [0.717, 1.165) is 0 Å². The molecule has 0 saturated carbocycles. The van der Waals surface area contributed by atoms with Crippen LogP contribution in [-0.4, -0.2) is 13.7 Å². The summed E-state index contributed by atoms with van der Waals surface area (Å²) in [4.78, 5) is 0. The summed E-state index contributed by atoms with van der Waals surface area (Å²) in [6.45, 7) is 4.99. The Morgan fingerprint density at radius 1 is 1.00 bits per heavy atom. The molecule has 2 heteroatoms. The van der Waals surface area contributed by atoms with Gasteiger partial charge in [0.15, 0.2) is 0 Å². The first-order valence-corrected chi connectivity index (χ1v) is 7.07. The Bertz CT molecular complexity index is 524. The van der Waals surface area contributed by atoms with E-state index in [2.05, 4.69) is 67.7 Å². The molecule has 0 amide bonds. The second-order valence-corrected chi connectivity index (χ2v) is 5.22. The second-order valence-electron chi connectivity index (χ2n) is 5.22. The van der Waals surface area contributed by atoms with Crippen LogP contribution in [0.15, 0.2) is 54.6 Å². The van der Waals surface area contributed by atoms with Crippen LogP contribution in [0.3, 0.4) is 0 Å². The Balaban J connectivity index is 2.12. The van der Waals surface area contributed by atoms with Gasteiger partial charge in [-0.05, 0) is 25.0 Å². The molecular weight excluding hydrogens is 246 g/mol. The smallest absolute Gasteiger partial charge is 0.0657 e. The van der Waals surface area contributed by atoms with Crippen LogP contribution >= 0.6 is 0 Å². The fourth-order valence-electron chi connectivity index (χ4n) is 2.43. The van der Waals surface area contributed by atoms with Crippen molar-refractivity contribution in [1.82, 2.24) is 5.32 Å². The summed E-state index contributed by atoms with van der Waals surface area (Å²) in [7, 11) is 1.74. The Hall–Kier alpha value is -1.64. The third kappa shape index (κ3) is 3.92.